The number of nitrogens with one attached hydrogen (secondary N) is 1. The summed E-state index contributed by atoms with van der Waals surface area (Å²) in [7, 11) is 0. The van der Waals surface area contributed by atoms with Crippen LogP contribution in [0.2, 0.25) is 0 Å². The van der Waals surface area contributed by atoms with Gasteiger partial charge in [-0.25, -0.2) is 0 Å². The second-order valence-electron chi connectivity index (χ2n) is 17.5. The zero-order valence-electron chi connectivity index (χ0n) is 38.8. The first-order valence-electron chi connectivity index (χ1n) is 25.6. The van der Waals surface area contributed by atoms with E-state index in [9.17, 15) is 19.8 Å². The second-order valence-corrected chi connectivity index (χ2v) is 17.5. The quantitative estimate of drug-likeness (QED) is 0.0323. The minimum Gasteiger partial charge on any atom is -0.466 e. The van der Waals surface area contributed by atoms with Crippen molar-refractivity contribution < 1.29 is 24.5 Å². The maximum atomic E-state index is 12.4. The van der Waals surface area contributed by atoms with Crippen LogP contribution in [0.15, 0.2) is 24.3 Å². The third-order valence-corrected chi connectivity index (χ3v) is 11.8. The molecule has 0 aliphatic heterocycles. The first-order chi connectivity index (χ1) is 28.5. The molecule has 58 heavy (non-hydrogen) atoms. The molecule has 0 aliphatic carbocycles. The Labute approximate surface area is 361 Å². The molecule has 0 heterocycles. The van der Waals surface area contributed by atoms with Crippen molar-refractivity contribution in [3.63, 3.8) is 0 Å². The smallest absolute Gasteiger partial charge is 0.305 e. The molecule has 6 nitrogen and oxygen atoms in total. The number of rotatable bonds is 47. The predicted octanol–water partition coefficient (Wildman–Crippen LogP) is 15.1. The van der Waals surface area contributed by atoms with Crippen molar-refractivity contribution in [2.24, 2.45) is 0 Å². The van der Waals surface area contributed by atoms with Crippen molar-refractivity contribution >= 4 is 11.9 Å². The van der Waals surface area contributed by atoms with Gasteiger partial charge in [0.25, 0.3) is 0 Å². The zero-order valence-corrected chi connectivity index (χ0v) is 38.8. The average molecular weight is 818 g/mol. The molecule has 0 aromatic carbocycles. The minimum atomic E-state index is -0.698. The topological polar surface area (TPSA) is 95.9 Å². The van der Waals surface area contributed by atoms with Gasteiger partial charge in [0.15, 0.2) is 0 Å². The molecule has 0 fully saturated rings. The van der Waals surface area contributed by atoms with Gasteiger partial charge in [0.2, 0.25) is 5.91 Å². The van der Waals surface area contributed by atoms with Crippen LogP contribution < -0.4 is 5.32 Å². The van der Waals surface area contributed by atoms with E-state index in [2.05, 4.69) is 37.4 Å². The molecule has 342 valence electrons. The van der Waals surface area contributed by atoms with Crippen LogP contribution in [0.5, 0.6) is 0 Å². The number of aliphatic hydroxyl groups excluding tert-OH is 2. The number of unbranched alkanes of at least 4 members (excludes halogenated alkanes) is 32. The molecule has 0 radical (unpaired) electrons. The van der Waals surface area contributed by atoms with Crippen LogP contribution in [0.4, 0.5) is 0 Å². The van der Waals surface area contributed by atoms with E-state index in [4.69, 9.17) is 4.74 Å². The molecule has 0 bridgehead atoms. The lowest BCUT2D eigenvalue weighted by atomic mass is 10.0. The average Bonchev–Trinajstić information content (AvgIpc) is 3.22. The Morgan fingerprint density at radius 2 is 0.879 bits per heavy atom. The highest BCUT2D eigenvalue weighted by Crippen LogP contribution is 2.16. The summed E-state index contributed by atoms with van der Waals surface area (Å²) in [5.74, 6) is -0.132. The lowest BCUT2D eigenvalue weighted by Crippen LogP contribution is -2.45. The van der Waals surface area contributed by atoms with Crippen LogP contribution in [0, 0.1) is 0 Å². The number of amides is 1. The summed E-state index contributed by atoms with van der Waals surface area (Å²) in [4.78, 5) is 24.4. The van der Waals surface area contributed by atoms with Crippen molar-refractivity contribution in [1.29, 1.82) is 0 Å². The summed E-state index contributed by atoms with van der Waals surface area (Å²) < 4.78 is 5.43. The molecule has 6 heteroatoms. The Bertz CT molecular complexity index is 904. The maximum Gasteiger partial charge on any atom is 0.305 e. The Morgan fingerprint density at radius 1 is 0.483 bits per heavy atom. The summed E-state index contributed by atoms with van der Waals surface area (Å²) >= 11 is 0. The van der Waals surface area contributed by atoms with E-state index < -0.39 is 12.1 Å². The Morgan fingerprint density at radius 3 is 1.34 bits per heavy atom. The molecule has 2 atom stereocenters. The Kier molecular flexibility index (Phi) is 46.6. The fraction of sp³-hybridized carbons (Fsp3) is 0.885. The first kappa shape index (κ1) is 56.3. The molecule has 0 rings (SSSR count). The van der Waals surface area contributed by atoms with Crippen LogP contribution in [-0.2, 0) is 14.3 Å². The molecule has 0 aromatic rings. The number of aliphatic hydroxyl groups is 2. The number of allylic oxidation sites excluding steroid dienone is 4. The highest BCUT2D eigenvalue weighted by molar-refractivity contribution is 5.76. The normalized spacial score (nSPS) is 12.8. The molecule has 0 saturated carbocycles. The fourth-order valence-electron chi connectivity index (χ4n) is 7.81. The van der Waals surface area contributed by atoms with Crippen LogP contribution in [0.25, 0.3) is 0 Å². The van der Waals surface area contributed by atoms with E-state index in [-0.39, 0.29) is 18.5 Å². The number of hydrogen-bond donors (Lipinski definition) is 3. The van der Waals surface area contributed by atoms with Gasteiger partial charge in [0, 0.05) is 12.8 Å². The largest absolute Gasteiger partial charge is 0.466 e. The maximum absolute atomic E-state index is 12.4. The van der Waals surface area contributed by atoms with Crippen molar-refractivity contribution in [1.82, 2.24) is 5.32 Å². The van der Waals surface area contributed by atoms with Crippen molar-refractivity contribution in [3.8, 4) is 0 Å². The van der Waals surface area contributed by atoms with Gasteiger partial charge in [0.05, 0.1) is 25.4 Å². The third kappa shape index (κ3) is 43.9. The van der Waals surface area contributed by atoms with Gasteiger partial charge in [0.1, 0.15) is 0 Å². The summed E-state index contributed by atoms with van der Waals surface area (Å²) in [6, 6.07) is -0.584. The lowest BCUT2D eigenvalue weighted by molar-refractivity contribution is -0.143. The minimum absolute atomic E-state index is 0.0173. The highest BCUT2D eigenvalue weighted by Gasteiger charge is 2.19. The van der Waals surface area contributed by atoms with Crippen molar-refractivity contribution in [3.05, 3.63) is 24.3 Å². The number of carbonyl (C=O) groups excluding carboxylic acids is 2. The van der Waals surface area contributed by atoms with Gasteiger partial charge in [-0.1, -0.05) is 237 Å². The summed E-state index contributed by atoms with van der Waals surface area (Å²) in [5.41, 5.74) is 0. The Balaban J connectivity index is 3.56. The molecule has 0 aliphatic rings. The van der Waals surface area contributed by atoms with Gasteiger partial charge >= 0.3 is 5.97 Å². The summed E-state index contributed by atoms with van der Waals surface area (Å²) in [5, 5.41) is 23.2. The number of carbonyl (C=O) groups is 2. The van der Waals surface area contributed by atoms with E-state index in [1.54, 1.807) is 0 Å². The van der Waals surface area contributed by atoms with E-state index in [1.807, 2.05) is 6.08 Å². The number of ether oxygens (including phenoxy) is 1. The van der Waals surface area contributed by atoms with E-state index in [0.717, 1.165) is 51.4 Å². The van der Waals surface area contributed by atoms with Gasteiger partial charge in [-0.3, -0.25) is 9.59 Å². The first-order valence-corrected chi connectivity index (χ1v) is 25.6. The van der Waals surface area contributed by atoms with Crippen molar-refractivity contribution in [2.45, 2.75) is 283 Å². The monoisotopic (exact) mass is 818 g/mol. The van der Waals surface area contributed by atoms with Gasteiger partial charge in [-0.05, 0) is 44.9 Å². The molecule has 3 N–H and O–H groups in total. The zero-order chi connectivity index (χ0) is 42.3. The van der Waals surface area contributed by atoms with Gasteiger partial charge in [-0.2, -0.15) is 0 Å². The van der Waals surface area contributed by atoms with Crippen LogP contribution in [0.3, 0.4) is 0 Å². The molecule has 1 amide bonds. The standard InChI is InChI=1S/C52H99NO5/c1-3-5-7-9-11-13-15-16-17-18-19-21-25-28-32-36-40-44-50(55)49(48-54)53-51(56)45-41-37-33-29-26-22-20-23-27-31-35-39-43-47-58-52(57)46-42-38-34-30-24-14-12-10-8-6-4-2/h22,26,33,37,49-50,54-55H,3-21,23-25,27-32,34-36,38-48H2,1-2H3,(H,53,56)/b26-22-,37-33-. The molecule has 2 unspecified atom stereocenters. The Hall–Kier alpha value is -1.66. The highest BCUT2D eigenvalue weighted by atomic mass is 16.5. The molecular weight excluding hydrogens is 719 g/mol. The van der Waals surface area contributed by atoms with Crippen LogP contribution >= 0.6 is 0 Å². The third-order valence-electron chi connectivity index (χ3n) is 11.8. The predicted molar refractivity (Wildman–Crippen MR) is 250 cm³/mol. The van der Waals surface area contributed by atoms with Gasteiger partial charge in [-0.15, -0.1) is 0 Å². The van der Waals surface area contributed by atoms with E-state index in [0.29, 0.717) is 32.3 Å². The van der Waals surface area contributed by atoms with E-state index >= 15 is 0 Å². The molecular formula is C52H99NO5. The number of esters is 1. The number of hydrogen-bond acceptors (Lipinski definition) is 5. The summed E-state index contributed by atoms with van der Waals surface area (Å²) in [6.45, 7) is 4.89. The molecule has 0 saturated heterocycles. The van der Waals surface area contributed by atoms with Crippen LogP contribution in [-0.4, -0.2) is 47.4 Å². The van der Waals surface area contributed by atoms with E-state index in [1.165, 1.54) is 180 Å². The van der Waals surface area contributed by atoms with Crippen molar-refractivity contribution in [2.75, 3.05) is 13.2 Å². The molecule has 0 aromatic heterocycles. The SMILES string of the molecule is CCCCCCCCCCCCCCCCCCCC(O)C(CO)NC(=O)CC/C=C\C/C=C\CCCCCCCCOC(=O)CCCCCCCCCCCCC. The van der Waals surface area contributed by atoms with Crippen LogP contribution in [0.1, 0.15) is 271 Å². The summed E-state index contributed by atoms with van der Waals surface area (Å²) in [6.07, 6.45) is 55.9. The lowest BCUT2D eigenvalue weighted by Gasteiger charge is -2.22. The second kappa shape index (κ2) is 48.0. The van der Waals surface area contributed by atoms with Gasteiger partial charge < -0.3 is 20.3 Å². The fourth-order valence-corrected chi connectivity index (χ4v) is 7.81. The molecule has 0 spiro atoms.